The minimum atomic E-state index is -1.90. The smallest absolute Gasteiger partial charge is 0.332 e. The number of rotatable bonds is 5. The van der Waals surface area contributed by atoms with E-state index in [1.54, 1.807) is 0 Å². The van der Waals surface area contributed by atoms with Crippen molar-refractivity contribution < 1.29 is 29.7 Å². The average molecular weight is 191 g/mol. The molecule has 0 saturated carbocycles. The summed E-state index contributed by atoms with van der Waals surface area (Å²) in [7, 11) is 0. The van der Waals surface area contributed by atoms with Crippen molar-refractivity contribution in [3.63, 3.8) is 0 Å². The molecule has 0 aromatic rings. The fourth-order valence-corrected chi connectivity index (χ4v) is 0.569. The molecule has 0 bridgehead atoms. The molecule has 0 aromatic heterocycles. The van der Waals surface area contributed by atoms with Gasteiger partial charge in [-0.1, -0.05) is 0 Å². The summed E-state index contributed by atoms with van der Waals surface area (Å²) in [6.07, 6.45) is 0. The molecule has 13 heavy (non-hydrogen) atoms. The van der Waals surface area contributed by atoms with Crippen molar-refractivity contribution in [2.24, 2.45) is 0 Å². The maximum atomic E-state index is 10.3. The standard InChI is InChI=1S/C6H9NO6/c1-2(4(8)9)7-3(5(10)11)6(12)13/h2-3,7H,1H3,(H,8,9)(H,10,11)(H,12,13)/t2-/m0/s1. The van der Waals surface area contributed by atoms with Crippen LogP contribution in [0.2, 0.25) is 0 Å². The van der Waals surface area contributed by atoms with Gasteiger partial charge in [-0.25, -0.2) is 9.59 Å². The normalized spacial score (nSPS) is 12.5. The lowest BCUT2D eigenvalue weighted by atomic mass is 10.2. The molecule has 0 aliphatic rings. The van der Waals surface area contributed by atoms with Gasteiger partial charge in [0.05, 0.1) is 0 Å². The molecule has 1 atom stereocenters. The Kier molecular flexibility index (Phi) is 3.86. The third-order valence-electron chi connectivity index (χ3n) is 1.28. The largest absolute Gasteiger partial charge is 0.480 e. The van der Waals surface area contributed by atoms with E-state index < -0.39 is 30.0 Å². The molecule has 0 radical (unpaired) electrons. The van der Waals surface area contributed by atoms with Crippen LogP contribution in [-0.2, 0) is 14.4 Å². The van der Waals surface area contributed by atoms with E-state index in [9.17, 15) is 14.4 Å². The van der Waals surface area contributed by atoms with E-state index in [0.29, 0.717) is 0 Å². The van der Waals surface area contributed by atoms with Gasteiger partial charge >= 0.3 is 17.9 Å². The zero-order valence-electron chi connectivity index (χ0n) is 6.72. The Balaban J connectivity index is 4.35. The minimum Gasteiger partial charge on any atom is -0.480 e. The fraction of sp³-hybridized carbons (Fsp3) is 0.500. The lowest BCUT2D eigenvalue weighted by molar-refractivity contribution is -0.151. The van der Waals surface area contributed by atoms with Gasteiger partial charge in [0, 0.05) is 0 Å². The molecule has 0 spiro atoms. The molecule has 4 N–H and O–H groups in total. The van der Waals surface area contributed by atoms with Gasteiger partial charge in [-0.15, -0.1) is 0 Å². The molecule has 0 aromatic carbocycles. The highest BCUT2D eigenvalue weighted by Crippen LogP contribution is 1.89. The first-order valence-electron chi connectivity index (χ1n) is 3.30. The van der Waals surface area contributed by atoms with Crippen molar-refractivity contribution in [3.8, 4) is 0 Å². The molecule has 0 saturated heterocycles. The van der Waals surface area contributed by atoms with Crippen LogP contribution in [0.15, 0.2) is 0 Å². The van der Waals surface area contributed by atoms with E-state index in [1.165, 1.54) is 0 Å². The molecule has 0 rings (SSSR count). The Hall–Kier alpha value is -1.63. The summed E-state index contributed by atoms with van der Waals surface area (Å²) in [5, 5.41) is 26.9. The van der Waals surface area contributed by atoms with Gasteiger partial charge in [0.2, 0.25) is 6.04 Å². The summed E-state index contributed by atoms with van der Waals surface area (Å²) in [5.41, 5.74) is 0. The van der Waals surface area contributed by atoms with Crippen molar-refractivity contribution in [1.29, 1.82) is 0 Å². The van der Waals surface area contributed by atoms with Crippen molar-refractivity contribution in [2.75, 3.05) is 0 Å². The molecule has 0 aliphatic heterocycles. The Morgan fingerprint density at radius 3 is 1.62 bits per heavy atom. The monoisotopic (exact) mass is 191 g/mol. The van der Waals surface area contributed by atoms with Crippen molar-refractivity contribution in [3.05, 3.63) is 0 Å². The van der Waals surface area contributed by atoms with Gasteiger partial charge in [0.15, 0.2) is 0 Å². The van der Waals surface area contributed by atoms with Crippen molar-refractivity contribution in [1.82, 2.24) is 5.32 Å². The van der Waals surface area contributed by atoms with Gasteiger partial charge in [0.25, 0.3) is 0 Å². The second kappa shape index (κ2) is 4.41. The SMILES string of the molecule is C[C@H](NC(C(=O)O)C(=O)O)C(=O)O. The zero-order valence-corrected chi connectivity index (χ0v) is 6.72. The second-order valence-electron chi connectivity index (χ2n) is 2.34. The maximum absolute atomic E-state index is 10.3. The molecule has 0 heterocycles. The lowest BCUT2D eigenvalue weighted by Crippen LogP contribution is -2.50. The summed E-state index contributed by atoms with van der Waals surface area (Å²) in [6, 6.07) is -3.12. The van der Waals surface area contributed by atoms with E-state index in [2.05, 4.69) is 0 Å². The fourth-order valence-electron chi connectivity index (χ4n) is 0.569. The van der Waals surface area contributed by atoms with Crippen molar-refractivity contribution in [2.45, 2.75) is 19.0 Å². The number of carboxylic acids is 3. The van der Waals surface area contributed by atoms with Crippen LogP contribution in [0.3, 0.4) is 0 Å². The Morgan fingerprint density at radius 1 is 1.00 bits per heavy atom. The Morgan fingerprint density at radius 2 is 1.38 bits per heavy atom. The number of aliphatic carboxylic acids is 3. The zero-order chi connectivity index (χ0) is 10.6. The van der Waals surface area contributed by atoms with Crippen LogP contribution in [0.25, 0.3) is 0 Å². The predicted molar refractivity (Wildman–Crippen MR) is 39.3 cm³/mol. The summed E-state index contributed by atoms with van der Waals surface area (Å²) in [4.78, 5) is 30.8. The Labute approximate surface area is 73.0 Å². The molecular weight excluding hydrogens is 182 g/mol. The maximum Gasteiger partial charge on any atom is 0.332 e. The van der Waals surface area contributed by atoms with Crippen LogP contribution in [0.1, 0.15) is 6.92 Å². The molecule has 0 fully saturated rings. The lowest BCUT2D eigenvalue weighted by Gasteiger charge is -2.12. The summed E-state index contributed by atoms with van der Waals surface area (Å²) in [6.45, 7) is 1.15. The van der Waals surface area contributed by atoms with E-state index in [1.807, 2.05) is 5.32 Å². The topological polar surface area (TPSA) is 124 Å². The summed E-state index contributed by atoms with van der Waals surface area (Å²) >= 11 is 0. The minimum absolute atomic E-state index is 1.15. The highest BCUT2D eigenvalue weighted by atomic mass is 16.4. The van der Waals surface area contributed by atoms with Crippen LogP contribution in [0.4, 0.5) is 0 Å². The highest BCUT2D eigenvalue weighted by molar-refractivity contribution is 5.97. The molecule has 7 nitrogen and oxygen atoms in total. The van der Waals surface area contributed by atoms with E-state index in [-0.39, 0.29) is 0 Å². The summed E-state index contributed by atoms with van der Waals surface area (Å²) in [5.74, 6) is -4.56. The molecule has 74 valence electrons. The third kappa shape index (κ3) is 3.52. The van der Waals surface area contributed by atoms with E-state index in [4.69, 9.17) is 15.3 Å². The molecule has 0 unspecified atom stereocenters. The number of carboxylic acid groups (broad SMARTS) is 3. The van der Waals surface area contributed by atoms with Crippen molar-refractivity contribution >= 4 is 17.9 Å². The first-order valence-corrected chi connectivity index (χ1v) is 3.30. The van der Waals surface area contributed by atoms with E-state index >= 15 is 0 Å². The van der Waals surface area contributed by atoms with E-state index in [0.717, 1.165) is 6.92 Å². The van der Waals surface area contributed by atoms with Gasteiger partial charge in [-0.05, 0) is 6.92 Å². The van der Waals surface area contributed by atoms with Gasteiger partial charge in [0.1, 0.15) is 6.04 Å². The Bertz CT molecular complexity index is 223. The van der Waals surface area contributed by atoms with Gasteiger partial charge < -0.3 is 15.3 Å². The van der Waals surface area contributed by atoms with Gasteiger partial charge in [-0.2, -0.15) is 0 Å². The predicted octanol–water partition coefficient (Wildman–Crippen LogP) is -1.41. The third-order valence-corrected chi connectivity index (χ3v) is 1.28. The number of carbonyl (C=O) groups is 3. The molecular formula is C6H9NO6. The molecule has 0 amide bonds. The van der Waals surface area contributed by atoms with Crippen LogP contribution in [-0.4, -0.2) is 45.3 Å². The molecule has 0 aliphatic carbocycles. The number of hydrogen-bond donors (Lipinski definition) is 4. The summed E-state index contributed by atoms with van der Waals surface area (Å²) < 4.78 is 0. The first-order chi connectivity index (χ1) is 5.86. The van der Waals surface area contributed by atoms with Crippen LogP contribution in [0.5, 0.6) is 0 Å². The van der Waals surface area contributed by atoms with Crippen LogP contribution in [0, 0.1) is 0 Å². The quantitative estimate of drug-likeness (QED) is 0.393. The number of hydrogen-bond acceptors (Lipinski definition) is 4. The first kappa shape index (κ1) is 11.4. The van der Waals surface area contributed by atoms with Crippen LogP contribution >= 0.6 is 0 Å². The molecule has 7 heteroatoms. The second-order valence-corrected chi connectivity index (χ2v) is 2.34. The van der Waals surface area contributed by atoms with Crippen LogP contribution < -0.4 is 5.32 Å². The van der Waals surface area contributed by atoms with Gasteiger partial charge in [-0.3, -0.25) is 10.1 Å². The average Bonchev–Trinajstić information content (AvgIpc) is 1.97. The number of nitrogens with one attached hydrogen (secondary N) is 1. The highest BCUT2D eigenvalue weighted by Gasteiger charge is 2.28.